The third-order valence-electron chi connectivity index (χ3n) is 4.16. The van der Waals surface area contributed by atoms with E-state index in [9.17, 15) is 9.59 Å². The smallest absolute Gasteiger partial charge is 0.261 e. The second-order valence-corrected chi connectivity index (χ2v) is 6.75. The summed E-state index contributed by atoms with van der Waals surface area (Å²) in [6, 6.07) is 16.6. The molecule has 28 heavy (non-hydrogen) atoms. The first-order valence-corrected chi connectivity index (χ1v) is 9.19. The second kappa shape index (κ2) is 10.1. The third kappa shape index (κ3) is 6.13. The van der Waals surface area contributed by atoms with Gasteiger partial charge in [-0.05, 0) is 42.2 Å². The van der Waals surface area contributed by atoms with Gasteiger partial charge in [-0.2, -0.15) is 5.26 Å². The summed E-state index contributed by atoms with van der Waals surface area (Å²) in [5.74, 6) is 0.470. The van der Waals surface area contributed by atoms with E-state index in [0.29, 0.717) is 18.2 Å². The molecule has 0 fully saturated rings. The fourth-order valence-electron chi connectivity index (χ4n) is 2.62. The summed E-state index contributed by atoms with van der Waals surface area (Å²) in [7, 11) is 0. The first-order valence-electron chi connectivity index (χ1n) is 9.19. The van der Waals surface area contributed by atoms with E-state index in [0.717, 1.165) is 16.9 Å². The number of nitrogens with zero attached hydrogens (tertiary/aromatic N) is 1. The fourth-order valence-corrected chi connectivity index (χ4v) is 2.62. The Hall–Kier alpha value is -3.33. The summed E-state index contributed by atoms with van der Waals surface area (Å²) < 4.78 is 5.86. The molecule has 2 aromatic rings. The molecule has 2 rings (SSSR count). The SMILES string of the molecule is CC(Oc1ccccc1C(C)C)C(=O)NCc1ccc(NC(=O)CC#N)cc1. The lowest BCUT2D eigenvalue weighted by atomic mass is 10.0. The Labute approximate surface area is 165 Å². The van der Waals surface area contributed by atoms with Crippen LogP contribution >= 0.6 is 0 Å². The average Bonchev–Trinajstić information content (AvgIpc) is 2.67. The summed E-state index contributed by atoms with van der Waals surface area (Å²) in [6.45, 7) is 6.24. The van der Waals surface area contributed by atoms with Crippen molar-refractivity contribution in [1.82, 2.24) is 5.32 Å². The van der Waals surface area contributed by atoms with Crippen LogP contribution in [0.25, 0.3) is 0 Å². The molecule has 0 saturated heterocycles. The molecule has 0 saturated carbocycles. The van der Waals surface area contributed by atoms with Gasteiger partial charge in [0.25, 0.3) is 5.91 Å². The van der Waals surface area contributed by atoms with Crippen molar-refractivity contribution in [3.63, 3.8) is 0 Å². The Morgan fingerprint density at radius 3 is 2.39 bits per heavy atom. The minimum absolute atomic E-state index is 0.185. The van der Waals surface area contributed by atoms with Crippen molar-refractivity contribution >= 4 is 17.5 Å². The van der Waals surface area contributed by atoms with E-state index in [4.69, 9.17) is 10.00 Å². The topological polar surface area (TPSA) is 91.2 Å². The molecular formula is C22H25N3O3. The van der Waals surface area contributed by atoms with Crippen LogP contribution in [0.4, 0.5) is 5.69 Å². The number of rotatable bonds is 8. The minimum Gasteiger partial charge on any atom is -0.481 e. The maximum atomic E-state index is 12.4. The van der Waals surface area contributed by atoms with Gasteiger partial charge in [-0.3, -0.25) is 9.59 Å². The highest BCUT2D eigenvalue weighted by Crippen LogP contribution is 2.26. The van der Waals surface area contributed by atoms with Crippen LogP contribution in [0.3, 0.4) is 0 Å². The first kappa shape index (κ1) is 21.0. The van der Waals surface area contributed by atoms with E-state index in [1.807, 2.05) is 36.4 Å². The Morgan fingerprint density at radius 1 is 1.07 bits per heavy atom. The number of nitriles is 1. The van der Waals surface area contributed by atoms with E-state index in [1.54, 1.807) is 25.1 Å². The molecule has 0 aliphatic rings. The molecule has 6 heteroatoms. The maximum absolute atomic E-state index is 12.4. The number of para-hydroxylation sites is 1. The van der Waals surface area contributed by atoms with Gasteiger partial charge in [0.2, 0.25) is 5.91 Å². The molecule has 1 atom stereocenters. The highest BCUT2D eigenvalue weighted by Gasteiger charge is 2.17. The number of hydrogen-bond acceptors (Lipinski definition) is 4. The molecular weight excluding hydrogens is 354 g/mol. The van der Waals surface area contributed by atoms with Crippen LogP contribution < -0.4 is 15.4 Å². The van der Waals surface area contributed by atoms with E-state index < -0.39 is 6.10 Å². The summed E-state index contributed by atoms with van der Waals surface area (Å²) in [5, 5.41) is 14.0. The van der Waals surface area contributed by atoms with Crippen molar-refractivity contribution in [3.05, 3.63) is 59.7 Å². The number of carbonyl (C=O) groups excluding carboxylic acids is 2. The van der Waals surface area contributed by atoms with Gasteiger partial charge in [0.1, 0.15) is 12.2 Å². The number of ether oxygens (including phenoxy) is 1. The normalized spacial score (nSPS) is 11.4. The van der Waals surface area contributed by atoms with Crippen molar-refractivity contribution in [2.24, 2.45) is 0 Å². The van der Waals surface area contributed by atoms with E-state index in [1.165, 1.54) is 0 Å². The molecule has 2 N–H and O–H groups in total. The van der Waals surface area contributed by atoms with Crippen molar-refractivity contribution in [2.45, 2.75) is 45.8 Å². The molecule has 0 heterocycles. The molecule has 0 aliphatic heterocycles. The van der Waals surface area contributed by atoms with E-state index >= 15 is 0 Å². The number of hydrogen-bond donors (Lipinski definition) is 2. The molecule has 0 aliphatic carbocycles. The quantitative estimate of drug-likeness (QED) is 0.731. The Morgan fingerprint density at radius 2 is 1.75 bits per heavy atom. The van der Waals surface area contributed by atoms with Crippen LogP contribution in [-0.2, 0) is 16.1 Å². The summed E-state index contributed by atoms with van der Waals surface area (Å²) in [5.41, 5.74) is 2.56. The summed E-state index contributed by atoms with van der Waals surface area (Å²) in [6.07, 6.45) is -0.806. The number of benzene rings is 2. The van der Waals surface area contributed by atoms with Crippen molar-refractivity contribution < 1.29 is 14.3 Å². The molecule has 0 spiro atoms. The lowest BCUT2D eigenvalue weighted by Crippen LogP contribution is -2.36. The zero-order chi connectivity index (χ0) is 20.5. The first-order chi connectivity index (χ1) is 13.4. The molecule has 2 amide bonds. The third-order valence-corrected chi connectivity index (χ3v) is 4.16. The minimum atomic E-state index is -0.621. The van der Waals surface area contributed by atoms with Crippen LogP contribution in [0, 0.1) is 11.3 Å². The number of nitrogens with one attached hydrogen (secondary N) is 2. The van der Waals surface area contributed by atoms with Gasteiger partial charge in [0.15, 0.2) is 6.10 Å². The van der Waals surface area contributed by atoms with Crippen LogP contribution in [0.15, 0.2) is 48.5 Å². The van der Waals surface area contributed by atoms with Crippen LogP contribution in [0.2, 0.25) is 0 Å². The standard InChI is InChI=1S/C22H25N3O3/c1-15(2)19-6-4-5-7-20(19)28-16(3)22(27)24-14-17-8-10-18(11-9-17)25-21(26)12-13-23/h4-11,15-16H,12,14H2,1-3H3,(H,24,27)(H,25,26). The van der Waals surface area contributed by atoms with E-state index in [-0.39, 0.29) is 18.2 Å². The number of carbonyl (C=O) groups is 2. The zero-order valence-electron chi connectivity index (χ0n) is 16.4. The molecule has 1 unspecified atom stereocenters. The Bertz CT molecular complexity index is 854. The van der Waals surface area contributed by atoms with Gasteiger partial charge in [-0.1, -0.05) is 44.2 Å². The maximum Gasteiger partial charge on any atom is 0.261 e. The molecule has 6 nitrogen and oxygen atoms in total. The van der Waals surface area contributed by atoms with E-state index in [2.05, 4.69) is 24.5 Å². The van der Waals surface area contributed by atoms with Crippen molar-refractivity contribution in [1.29, 1.82) is 5.26 Å². The lowest BCUT2D eigenvalue weighted by Gasteiger charge is -2.18. The fraction of sp³-hybridized carbons (Fsp3) is 0.318. The largest absolute Gasteiger partial charge is 0.481 e. The van der Waals surface area contributed by atoms with Gasteiger partial charge in [0, 0.05) is 12.2 Å². The Kier molecular flexibility index (Phi) is 7.58. The molecule has 0 radical (unpaired) electrons. The van der Waals surface area contributed by atoms with Crippen molar-refractivity contribution in [2.75, 3.05) is 5.32 Å². The zero-order valence-corrected chi connectivity index (χ0v) is 16.4. The van der Waals surface area contributed by atoms with Gasteiger partial charge in [-0.25, -0.2) is 0 Å². The Balaban J connectivity index is 1.88. The van der Waals surface area contributed by atoms with Gasteiger partial charge >= 0.3 is 0 Å². The highest BCUT2D eigenvalue weighted by atomic mass is 16.5. The second-order valence-electron chi connectivity index (χ2n) is 6.75. The van der Waals surface area contributed by atoms with Crippen LogP contribution in [0.1, 0.15) is 44.2 Å². The molecule has 2 aromatic carbocycles. The summed E-state index contributed by atoms with van der Waals surface area (Å²) in [4.78, 5) is 23.8. The van der Waals surface area contributed by atoms with Gasteiger partial charge < -0.3 is 15.4 Å². The van der Waals surface area contributed by atoms with Crippen LogP contribution in [-0.4, -0.2) is 17.9 Å². The molecule has 146 valence electrons. The summed E-state index contributed by atoms with van der Waals surface area (Å²) >= 11 is 0. The predicted octanol–water partition coefficient (Wildman–Crippen LogP) is 3.75. The molecule has 0 aromatic heterocycles. The predicted molar refractivity (Wildman–Crippen MR) is 108 cm³/mol. The average molecular weight is 379 g/mol. The number of anilines is 1. The molecule has 0 bridgehead atoms. The highest BCUT2D eigenvalue weighted by molar-refractivity contribution is 5.92. The van der Waals surface area contributed by atoms with Crippen molar-refractivity contribution in [3.8, 4) is 11.8 Å². The van der Waals surface area contributed by atoms with Gasteiger partial charge in [0.05, 0.1) is 6.07 Å². The lowest BCUT2D eigenvalue weighted by molar-refractivity contribution is -0.127. The van der Waals surface area contributed by atoms with Crippen LogP contribution in [0.5, 0.6) is 5.75 Å². The monoisotopic (exact) mass is 379 g/mol. The number of amides is 2. The van der Waals surface area contributed by atoms with Gasteiger partial charge in [-0.15, -0.1) is 0 Å².